The van der Waals surface area contributed by atoms with Crippen LogP contribution in [0, 0.1) is 0 Å². The summed E-state index contributed by atoms with van der Waals surface area (Å²) in [5, 5.41) is 0. The maximum absolute atomic E-state index is 6.31. The van der Waals surface area contributed by atoms with Gasteiger partial charge in [-0.15, -0.1) is 0 Å². The van der Waals surface area contributed by atoms with Crippen molar-refractivity contribution in [2.24, 2.45) is 0 Å². The standard InChI is InChI=1S/C19H24N4O/c1-4-17(12-20-7-1)14-22-10-11-24-19(15-22)6-3-9-23(16-19)18-5-2-8-21-13-18/h1-2,4-5,7-8,12-13H,3,6,9-11,14-16H2/t19-/m0/s1. The molecule has 4 rings (SSSR count). The van der Waals surface area contributed by atoms with Gasteiger partial charge in [-0.25, -0.2) is 0 Å². The molecule has 2 aliphatic rings. The summed E-state index contributed by atoms with van der Waals surface area (Å²) in [5.74, 6) is 0. The lowest BCUT2D eigenvalue weighted by molar-refractivity contribution is -0.116. The van der Waals surface area contributed by atoms with E-state index in [1.807, 2.05) is 36.9 Å². The fourth-order valence-electron chi connectivity index (χ4n) is 3.91. The first-order chi connectivity index (χ1) is 11.8. The molecule has 2 aromatic heterocycles. The highest BCUT2D eigenvalue weighted by Crippen LogP contribution is 2.31. The second-order valence-electron chi connectivity index (χ2n) is 6.84. The van der Waals surface area contributed by atoms with Crippen LogP contribution in [0.25, 0.3) is 0 Å². The molecule has 0 amide bonds. The molecule has 0 N–H and O–H groups in total. The molecule has 0 unspecified atom stereocenters. The predicted molar refractivity (Wildman–Crippen MR) is 93.9 cm³/mol. The van der Waals surface area contributed by atoms with E-state index >= 15 is 0 Å². The number of anilines is 1. The van der Waals surface area contributed by atoms with E-state index in [9.17, 15) is 0 Å². The van der Waals surface area contributed by atoms with Gasteiger partial charge in [-0.1, -0.05) is 6.07 Å². The first-order valence-electron chi connectivity index (χ1n) is 8.73. The van der Waals surface area contributed by atoms with Crippen molar-refractivity contribution in [3.05, 3.63) is 54.6 Å². The third kappa shape index (κ3) is 3.42. The molecule has 1 atom stereocenters. The third-order valence-electron chi connectivity index (χ3n) is 5.01. The smallest absolute Gasteiger partial charge is 0.0983 e. The Kier molecular flexibility index (Phi) is 4.45. The molecule has 5 nitrogen and oxygen atoms in total. The third-order valence-corrected chi connectivity index (χ3v) is 5.01. The number of ether oxygens (including phenoxy) is 1. The van der Waals surface area contributed by atoms with Crippen molar-refractivity contribution < 1.29 is 4.74 Å². The highest BCUT2D eigenvalue weighted by molar-refractivity contribution is 5.44. The lowest BCUT2D eigenvalue weighted by Gasteiger charge is -2.48. The Bertz CT molecular complexity index is 647. The van der Waals surface area contributed by atoms with Crippen molar-refractivity contribution in [3.63, 3.8) is 0 Å². The summed E-state index contributed by atoms with van der Waals surface area (Å²) in [6.45, 7) is 5.76. The molecule has 0 aliphatic carbocycles. The van der Waals surface area contributed by atoms with Gasteiger partial charge in [-0.2, -0.15) is 0 Å². The van der Waals surface area contributed by atoms with Gasteiger partial charge in [-0.3, -0.25) is 14.9 Å². The molecule has 2 aromatic rings. The summed E-state index contributed by atoms with van der Waals surface area (Å²) < 4.78 is 6.31. The van der Waals surface area contributed by atoms with Gasteiger partial charge in [0, 0.05) is 51.3 Å². The molecule has 1 spiro atoms. The molecular weight excluding hydrogens is 300 g/mol. The Morgan fingerprint density at radius 1 is 1.04 bits per heavy atom. The van der Waals surface area contributed by atoms with Crippen molar-refractivity contribution >= 4 is 5.69 Å². The SMILES string of the molecule is c1cncc(CN2CCO[C@@]3(CCCN(c4cccnc4)C3)C2)c1. The van der Waals surface area contributed by atoms with Crippen molar-refractivity contribution in [1.82, 2.24) is 14.9 Å². The Morgan fingerprint density at radius 3 is 2.71 bits per heavy atom. The van der Waals surface area contributed by atoms with E-state index in [1.54, 1.807) is 0 Å². The molecule has 2 fully saturated rings. The normalized spacial score (nSPS) is 25.1. The summed E-state index contributed by atoms with van der Waals surface area (Å²) in [4.78, 5) is 13.4. The Labute approximate surface area is 143 Å². The maximum atomic E-state index is 6.31. The van der Waals surface area contributed by atoms with Gasteiger partial charge in [-0.05, 0) is 36.6 Å². The summed E-state index contributed by atoms with van der Waals surface area (Å²) in [6.07, 6.45) is 9.87. The first-order valence-corrected chi connectivity index (χ1v) is 8.73. The van der Waals surface area contributed by atoms with E-state index in [2.05, 4.69) is 31.9 Å². The lowest BCUT2D eigenvalue weighted by atomic mass is 9.90. The molecule has 4 heterocycles. The monoisotopic (exact) mass is 324 g/mol. The largest absolute Gasteiger partial charge is 0.370 e. The van der Waals surface area contributed by atoms with Gasteiger partial charge in [0.2, 0.25) is 0 Å². The van der Waals surface area contributed by atoms with Crippen LogP contribution in [0.15, 0.2) is 49.1 Å². The van der Waals surface area contributed by atoms with Crippen LogP contribution in [0.5, 0.6) is 0 Å². The number of hydrogen-bond acceptors (Lipinski definition) is 5. The summed E-state index contributed by atoms with van der Waals surface area (Å²) in [6, 6.07) is 8.31. The number of morpholine rings is 1. The van der Waals surface area contributed by atoms with Crippen LogP contribution >= 0.6 is 0 Å². The number of pyridine rings is 2. The summed E-state index contributed by atoms with van der Waals surface area (Å²) in [5.41, 5.74) is 2.41. The van der Waals surface area contributed by atoms with Gasteiger partial charge in [0.1, 0.15) is 0 Å². The van der Waals surface area contributed by atoms with Gasteiger partial charge < -0.3 is 9.64 Å². The van der Waals surface area contributed by atoms with E-state index < -0.39 is 0 Å². The summed E-state index contributed by atoms with van der Waals surface area (Å²) in [7, 11) is 0. The molecule has 0 radical (unpaired) electrons. The topological polar surface area (TPSA) is 41.5 Å². The minimum atomic E-state index is -0.0610. The Balaban J connectivity index is 1.45. The zero-order valence-electron chi connectivity index (χ0n) is 14.0. The van der Waals surface area contributed by atoms with E-state index in [0.29, 0.717) is 0 Å². The molecule has 126 valence electrons. The molecule has 0 aromatic carbocycles. The highest BCUT2D eigenvalue weighted by Gasteiger charge is 2.40. The average Bonchev–Trinajstić information content (AvgIpc) is 2.63. The molecule has 5 heteroatoms. The zero-order chi connectivity index (χ0) is 16.2. The minimum absolute atomic E-state index is 0.0610. The van der Waals surface area contributed by atoms with Crippen molar-refractivity contribution in [2.45, 2.75) is 25.0 Å². The second-order valence-corrected chi connectivity index (χ2v) is 6.84. The highest BCUT2D eigenvalue weighted by atomic mass is 16.5. The molecule has 24 heavy (non-hydrogen) atoms. The number of nitrogens with zero attached hydrogens (tertiary/aromatic N) is 4. The van der Waals surface area contributed by atoms with Gasteiger partial charge >= 0.3 is 0 Å². The van der Waals surface area contributed by atoms with Crippen LogP contribution in [0.1, 0.15) is 18.4 Å². The first kappa shape index (κ1) is 15.5. The van der Waals surface area contributed by atoms with Crippen LogP contribution in [0.2, 0.25) is 0 Å². The lowest BCUT2D eigenvalue weighted by Crippen LogP contribution is -2.59. The van der Waals surface area contributed by atoms with Gasteiger partial charge in [0.15, 0.2) is 0 Å². The molecule has 2 saturated heterocycles. The zero-order valence-corrected chi connectivity index (χ0v) is 14.0. The van der Waals surface area contributed by atoms with E-state index in [-0.39, 0.29) is 5.60 Å². The number of piperidine rings is 1. The predicted octanol–water partition coefficient (Wildman–Crippen LogP) is 2.35. The fourth-order valence-corrected chi connectivity index (χ4v) is 3.91. The minimum Gasteiger partial charge on any atom is -0.370 e. The summed E-state index contributed by atoms with van der Waals surface area (Å²) >= 11 is 0. The van der Waals surface area contributed by atoms with E-state index in [4.69, 9.17) is 4.74 Å². The Hall–Kier alpha value is -1.98. The van der Waals surface area contributed by atoms with Gasteiger partial charge in [0.25, 0.3) is 0 Å². The van der Waals surface area contributed by atoms with Crippen LogP contribution in [-0.2, 0) is 11.3 Å². The van der Waals surface area contributed by atoms with Crippen molar-refractivity contribution in [2.75, 3.05) is 37.7 Å². The number of aromatic nitrogens is 2. The number of rotatable bonds is 3. The van der Waals surface area contributed by atoms with E-state index in [0.717, 1.165) is 52.2 Å². The van der Waals surface area contributed by atoms with Crippen LogP contribution in [0.4, 0.5) is 5.69 Å². The fraction of sp³-hybridized carbons (Fsp3) is 0.474. The van der Waals surface area contributed by atoms with Crippen LogP contribution in [-0.4, -0.2) is 53.3 Å². The van der Waals surface area contributed by atoms with Crippen molar-refractivity contribution in [1.29, 1.82) is 0 Å². The maximum Gasteiger partial charge on any atom is 0.0983 e. The molecule has 0 saturated carbocycles. The second kappa shape index (κ2) is 6.87. The molecule has 2 aliphatic heterocycles. The van der Waals surface area contributed by atoms with Crippen LogP contribution < -0.4 is 4.90 Å². The quantitative estimate of drug-likeness (QED) is 0.867. The van der Waals surface area contributed by atoms with Gasteiger partial charge in [0.05, 0.1) is 24.1 Å². The number of hydrogen-bond donors (Lipinski definition) is 0. The molecule has 0 bridgehead atoms. The average molecular weight is 324 g/mol. The Morgan fingerprint density at radius 2 is 1.92 bits per heavy atom. The van der Waals surface area contributed by atoms with E-state index in [1.165, 1.54) is 11.3 Å². The van der Waals surface area contributed by atoms with Crippen molar-refractivity contribution in [3.8, 4) is 0 Å². The molecular formula is C19H24N4O. The van der Waals surface area contributed by atoms with Crippen LogP contribution in [0.3, 0.4) is 0 Å².